The molecular weight excluding hydrogens is 222 g/mol. The molecule has 0 radical (unpaired) electrons. The fourth-order valence-corrected chi connectivity index (χ4v) is 1.90. The third-order valence-corrected chi connectivity index (χ3v) is 3.01. The molecule has 0 bridgehead atoms. The number of ether oxygens (including phenoxy) is 1. The topological polar surface area (TPSA) is 21.3 Å². The van der Waals surface area contributed by atoms with Crippen LogP contribution in [0.25, 0.3) is 0 Å². The number of benzene rings is 1. The number of hydrogen-bond acceptors (Lipinski definition) is 2. The molecular formula is C16H27NO. The monoisotopic (exact) mass is 249 g/mol. The van der Waals surface area contributed by atoms with E-state index in [1.54, 1.807) is 0 Å². The summed E-state index contributed by atoms with van der Waals surface area (Å²) in [6.45, 7) is 7.39. The van der Waals surface area contributed by atoms with Crippen LogP contribution in [0.15, 0.2) is 30.3 Å². The molecule has 0 aromatic heterocycles. The Hall–Kier alpha value is -0.860. The van der Waals surface area contributed by atoms with Gasteiger partial charge in [-0.25, -0.2) is 0 Å². The standard InChI is InChI=1S/C16H27NO/c1-3-12-17-13-11-15(2)18-14-7-10-16-8-5-4-6-9-16/h4-6,8-9,15,17H,3,7,10-14H2,1-2H3. The average molecular weight is 249 g/mol. The highest BCUT2D eigenvalue weighted by Crippen LogP contribution is 2.04. The number of nitrogens with one attached hydrogen (secondary N) is 1. The van der Waals surface area contributed by atoms with Gasteiger partial charge in [-0.3, -0.25) is 0 Å². The predicted molar refractivity (Wildman–Crippen MR) is 78.0 cm³/mol. The molecule has 2 heteroatoms. The van der Waals surface area contributed by atoms with E-state index in [-0.39, 0.29) is 0 Å². The Morgan fingerprint density at radius 3 is 2.67 bits per heavy atom. The maximum atomic E-state index is 5.80. The maximum absolute atomic E-state index is 5.80. The molecule has 1 rings (SSSR count). The lowest BCUT2D eigenvalue weighted by Gasteiger charge is -2.13. The fraction of sp³-hybridized carbons (Fsp3) is 0.625. The Labute approximate surface area is 112 Å². The van der Waals surface area contributed by atoms with Crippen LogP contribution in [0, 0.1) is 0 Å². The minimum Gasteiger partial charge on any atom is -0.378 e. The van der Waals surface area contributed by atoms with E-state index in [1.807, 2.05) is 0 Å². The highest BCUT2D eigenvalue weighted by Gasteiger charge is 2.01. The van der Waals surface area contributed by atoms with E-state index in [0.29, 0.717) is 6.10 Å². The minimum atomic E-state index is 0.366. The third-order valence-electron chi connectivity index (χ3n) is 3.01. The zero-order valence-corrected chi connectivity index (χ0v) is 11.8. The van der Waals surface area contributed by atoms with E-state index in [9.17, 15) is 0 Å². The largest absolute Gasteiger partial charge is 0.378 e. The van der Waals surface area contributed by atoms with Crippen molar-refractivity contribution in [1.82, 2.24) is 5.32 Å². The summed E-state index contributed by atoms with van der Waals surface area (Å²) in [5.41, 5.74) is 1.40. The van der Waals surface area contributed by atoms with Crippen LogP contribution in [0.2, 0.25) is 0 Å². The highest BCUT2D eigenvalue weighted by atomic mass is 16.5. The van der Waals surface area contributed by atoms with E-state index in [2.05, 4.69) is 49.5 Å². The SMILES string of the molecule is CCCNCCC(C)OCCCc1ccccc1. The van der Waals surface area contributed by atoms with Crippen molar-refractivity contribution in [2.75, 3.05) is 19.7 Å². The molecule has 1 aromatic carbocycles. The normalized spacial score (nSPS) is 12.6. The lowest BCUT2D eigenvalue weighted by molar-refractivity contribution is 0.0590. The Kier molecular flexibility index (Phi) is 8.53. The second kappa shape index (κ2) is 10.1. The molecule has 0 fully saturated rings. The van der Waals surface area contributed by atoms with Crippen molar-refractivity contribution in [2.24, 2.45) is 0 Å². The van der Waals surface area contributed by atoms with Gasteiger partial charge in [0.2, 0.25) is 0 Å². The van der Waals surface area contributed by atoms with Crippen LogP contribution in [0.4, 0.5) is 0 Å². The number of aryl methyl sites for hydroxylation is 1. The van der Waals surface area contributed by atoms with Crippen LogP contribution < -0.4 is 5.32 Å². The smallest absolute Gasteiger partial charge is 0.0559 e. The average Bonchev–Trinajstić information content (AvgIpc) is 2.41. The molecule has 0 amide bonds. The van der Waals surface area contributed by atoms with Crippen LogP contribution in [-0.2, 0) is 11.2 Å². The van der Waals surface area contributed by atoms with E-state index in [4.69, 9.17) is 4.74 Å². The van der Waals surface area contributed by atoms with Gasteiger partial charge < -0.3 is 10.1 Å². The van der Waals surface area contributed by atoms with Gasteiger partial charge in [-0.2, -0.15) is 0 Å². The van der Waals surface area contributed by atoms with Crippen LogP contribution in [0.5, 0.6) is 0 Å². The van der Waals surface area contributed by atoms with Gasteiger partial charge in [0.1, 0.15) is 0 Å². The van der Waals surface area contributed by atoms with Gasteiger partial charge in [-0.05, 0) is 51.3 Å². The summed E-state index contributed by atoms with van der Waals surface area (Å²) in [4.78, 5) is 0. The van der Waals surface area contributed by atoms with E-state index < -0.39 is 0 Å². The Bertz CT molecular complexity index is 286. The van der Waals surface area contributed by atoms with Crippen molar-refractivity contribution in [1.29, 1.82) is 0 Å². The summed E-state index contributed by atoms with van der Waals surface area (Å²) >= 11 is 0. The first-order valence-corrected chi connectivity index (χ1v) is 7.19. The van der Waals surface area contributed by atoms with E-state index in [1.165, 1.54) is 12.0 Å². The molecule has 2 nitrogen and oxygen atoms in total. The van der Waals surface area contributed by atoms with Crippen molar-refractivity contribution in [3.05, 3.63) is 35.9 Å². The van der Waals surface area contributed by atoms with Crippen LogP contribution in [0.3, 0.4) is 0 Å². The van der Waals surface area contributed by atoms with Crippen LogP contribution >= 0.6 is 0 Å². The molecule has 102 valence electrons. The molecule has 0 heterocycles. The Balaban J connectivity index is 1.97. The molecule has 1 N–H and O–H groups in total. The number of rotatable bonds is 10. The van der Waals surface area contributed by atoms with Crippen molar-refractivity contribution < 1.29 is 4.74 Å². The van der Waals surface area contributed by atoms with Gasteiger partial charge in [-0.15, -0.1) is 0 Å². The molecule has 0 aliphatic rings. The molecule has 1 atom stereocenters. The zero-order valence-electron chi connectivity index (χ0n) is 11.8. The van der Waals surface area contributed by atoms with Crippen molar-refractivity contribution in [3.8, 4) is 0 Å². The molecule has 1 unspecified atom stereocenters. The summed E-state index contributed by atoms with van der Waals surface area (Å²) in [6, 6.07) is 10.6. The van der Waals surface area contributed by atoms with Crippen LogP contribution in [-0.4, -0.2) is 25.8 Å². The van der Waals surface area contributed by atoms with Gasteiger partial charge in [0, 0.05) is 6.61 Å². The zero-order chi connectivity index (χ0) is 13.1. The van der Waals surface area contributed by atoms with Gasteiger partial charge in [0.15, 0.2) is 0 Å². The molecule has 18 heavy (non-hydrogen) atoms. The van der Waals surface area contributed by atoms with E-state index >= 15 is 0 Å². The predicted octanol–water partition coefficient (Wildman–Crippen LogP) is 3.41. The molecule has 0 spiro atoms. The van der Waals surface area contributed by atoms with Crippen LogP contribution in [0.1, 0.15) is 38.7 Å². The molecule has 0 aliphatic heterocycles. The second-order valence-corrected chi connectivity index (χ2v) is 4.81. The molecule has 0 saturated carbocycles. The lowest BCUT2D eigenvalue weighted by Crippen LogP contribution is -2.21. The Morgan fingerprint density at radius 2 is 1.94 bits per heavy atom. The number of hydrogen-bond donors (Lipinski definition) is 1. The molecule has 0 aliphatic carbocycles. The first-order valence-electron chi connectivity index (χ1n) is 7.19. The summed E-state index contributed by atoms with van der Waals surface area (Å²) in [5.74, 6) is 0. The summed E-state index contributed by atoms with van der Waals surface area (Å²) in [6.07, 6.45) is 4.89. The molecule has 0 saturated heterocycles. The van der Waals surface area contributed by atoms with Crippen molar-refractivity contribution in [3.63, 3.8) is 0 Å². The summed E-state index contributed by atoms with van der Waals surface area (Å²) in [5, 5.41) is 3.40. The molecule has 1 aromatic rings. The quantitative estimate of drug-likeness (QED) is 0.642. The first-order chi connectivity index (χ1) is 8.83. The van der Waals surface area contributed by atoms with Gasteiger partial charge in [0.25, 0.3) is 0 Å². The maximum Gasteiger partial charge on any atom is 0.0559 e. The minimum absolute atomic E-state index is 0.366. The summed E-state index contributed by atoms with van der Waals surface area (Å²) in [7, 11) is 0. The van der Waals surface area contributed by atoms with Gasteiger partial charge >= 0.3 is 0 Å². The van der Waals surface area contributed by atoms with Crippen molar-refractivity contribution in [2.45, 2.75) is 45.6 Å². The van der Waals surface area contributed by atoms with E-state index in [0.717, 1.165) is 39.0 Å². The Morgan fingerprint density at radius 1 is 1.17 bits per heavy atom. The summed E-state index contributed by atoms with van der Waals surface area (Å²) < 4.78 is 5.80. The van der Waals surface area contributed by atoms with Gasteiger partial charge in [-0.1, -0.05) is 37.3 Å². The van der Waals surface area contributed by atoms with Gasteiger partial charge in [0.05, 0.1) is 6.10 Å². The second-order valence-electron chi connectivity index (χ2n) is 4.81. The van der Waals surface area contributed by atoms with Crippen molar-refractivity contribution >= 4 is 0 Å². The third kappa shape index (κ3) is 7.46. The lowest BCUT2D eigenvalue weighted by atomic mass is 10.1. The fourth-order valence-electron chi connectivity index (χ4n) is 1.90. The highest BCUT2D eigenvalue weighted by molar-refractivity contribution is 5.14. The first kappa shape index (κ1) is 15.2.